The second-order valence-corrected chi connectivity index (χ2v) is 5.39. The summed E-state index contributed by atoms with van der Waals surface area (Å²) >= 11 is 0. The molecule has 0 aliphatic rings. The summed E-state index contributed by atoms with van der Waals surface area (Å²) in [5.74, 6) is 0.0382. The van der Waals surface area contributed by atoms with Crippen LogP contribution in [0.2, 0.25) is 0 Å². The van der Waals surface area contributed by atoms with Crippen LogP contribution in [0.25, 0.3) is 0 Å². The lowest BCUT2D eigenvalue weighted by atomic mass is 10.1. The molecule has 0 bridgehead atoms. The molecule has 2 aromatic carbocycles. The summed E-state index contributed by atoms with van der Waals surface area (Å²) in [6, 6.07) is 11.6. The molecule has 5 heteroatoms. The Balaban J connectivity index is 1.99. The van der Waals surface area contributed by atoms with Gasteiger partial charge in [-0.15, -0.1) is 0 Å². The molecule has 2 N–H and O–H groups in total. The van der Waals surface area contributed by atoms with Crippen molar-refractivity contribution in [2.75, 3.05) is 7.05 Å². The van der Waals surface area contributed by atoms with Gasteiger partial charge in [-0.25, -0.2) is 8.78 Å². The molecule has 0 spiro atoms. The van der Waals surface area contributed by atoms with E-state index in [-0.39, 0.29) is 17.7 Å². The third-order valence-electron chi connectivity index (χ3n) is 3.68. The van der Waals surface area contributed by atoms with Gasteiger partial charge < -0.3 is 10.6 Å². The van der Waals surface area contributed by atoms with Crippen molar-refractivity contribution in [1.82, 2.24) is 10.6 Å². The van der Waals surface area contributed by atoms with Gasteiger partial charge in [-0.2, -0.15) is 0 Å². The average molecular weight is 317 g/mol. The minimum atomic E-state index is -0.260. The first kappa shape index (κ1) is 16.9. The normalized spacial score (nSPS) is 12.8. The molecule has 0 fully saturated rings. The highest BCUT2D eigenvalue weighted by Gasteiger charge is 2.10. The lowest BCUT2D eigenvalue weighted by Gasteiger charge is -2.19. The van der Waals surface area contributed by atoms with Crippen LogP contribution >= 0.6 is 0 Å². The predicted octanol–water partition coefficient (Wildman–Crippen LogP) is 3.70. The number of aliphatic imine (C=N–C) groups is 1. The maximum absolute atomic E-state index is 13.7. The summed E-state index contributed by atoms with van der Waals surface area (Å²) in [6.45, 7) is 3.97. The number of guanidine groups is 1. The smallest absolute Gasteiger partial charge is 0.191 e. The molecule has 0 aromatic heterocycles. The highest BCUT2D eigenvalue weighted by atomic mass is 19.1. The summed E-state index contributed by atoms with van der Waals surface area (Å²) in [5.41, 5.74) is 1.99. The van der Waals surface area contributed by atoms with Gasteiger partial charge in [-0.05, 0) is 37.1 Å². The van der Waals surface area contributed by atoms with Crippen LogP contribution in [0.1, 0.15) is 29.7 Å². The van der Waals surface area contributed by atoms with E-state index >= 15 is 0 Å². The van der Waals surface area contributed by atoms with Gasteiger partial charge in [0.1, 0.15) is 11.6 Å². The van der Waals surface area contributed by atoms with Crippen molar-refractivity contribution in [3.05, 3.63) is 70.8 Å². The van der Waals surface area contributed by atoms with Crippen LogP contribution < -0.4 is 10.6 Å². The molecule has 0 saturated carbocycles. The van der Waals surface area contributed by atoms with Crippen molar-refractivity contribution in [1.29, 1.82) is 0 Å². The molecule has 122 valence electrons. The molecule has 2 rings (SSSR count). The van der Waals surface area contributed by atoms with Gasteiger partial charge in [0.2, 0.25) is 0 Å². The highest BCUT2D eigenvalue weighted by Crippen LogP contribution is 2.16. The first-order valence-corrected chi connectivity index (χ1v) is 7.48. The Hall–Kier alpha value is -2.43. The molecule has 0 amide bonds. The zero-order chi connectivity index (χ0) is 16.8. The maximum Gasteiger partial charge on any atom is 0.191 e. The van der Waals surface area contributed by atoms with Gasteiger partial charge in [0.25, 0.3) is 0 Å². The average Bonchev–Trinajstić information content (AvgIpc) is 2.55. The molecule has 0 aliphatic carbocycles. The standard InChI is InChI=1S/C18H21F2N3/c1-12-8-9-14(10-17(12)20)13(2)23-18(21-3)22-11-15-6-4-5-7-16(15)19/h4-10,13H,11H2,1-3H3,(H2,21,22,23). The van der Waals surface area contributed by atoms with Crippen LogP contribution in [0.3, 0.4) is 0 Å². The first-order chi connectivity index (χ1) is 11.0. The number of benzene rings is 2. The summed E-state index contributed by atoms with van der Waals surface area (Å²) in [6.07, 6.45) is 0. The molecule has 23 heavy (non-hydrogen) atoms. The van der Waals surface area contributed by atoms with Crippen molar-refractivity contribution in [2.24, 2.45) is 4.99 Å². The number of aryl methyl sites for hydroxylation is 1. The predicted molar refractivity (Wildman–Crippen MR) is 89.3 cm³/mol. The van der Waals surface area contributed by atoms with Gasteiger partial charge in [0.15, 0.2) is 5.96 Å². The van der Waals surface area contributed by atoms with E-state index in [1.807, 2.05) is 13.0 Å². The molecular weight excluding hydrogens is 296 g/mol. The van der Waals surface area contributed by atoms with Crippen molar-refractivity contribution in [3.8, 4) is 0 Å². The topological polar surface area (TPSA) is 36.4 Å². The van der Waals surface area contributed by atoms with Gasteiger partial charge in [-0.1, -0.05) is 30.3 Å². The maximum atomic E-state index is 13.7. The molecule has 0 saturated heterocycles. The molecule has 0 heterocycles. The first-order valence-electron chi connectivity index (χ1n) is 7.48. The van der Waals surface area contributed by atoms with Gasteiger partial charge >= 0.3 is 0 Å². The van der Waals surface area contributed by atoms with Crippen molar-refractivity contribution >= 4 is 5.96 Å². The fourth-order valence-electron chi connectivity index (χ4n) is 2.18. The minimum Gasteiger partial charge on any atom is -0.352 e. The summed E-state index contributed by atoms with van der Waals surface area (Å²) in [4.78, 5) is 4.12. The van der Waals surface area contributed by atoms with Crippen LogP contribution in [0.5, 0.6) is 0 Å². The zero-order valence-corrected chi connectivity index (χ0v) is 13.5. The number of halogens is 2. The Morgan fingerprint density at radius 2 is 1.87 bits per heavy atom. The van der Waals surface area contributed by atoms with E-state index < -0.39 is 0 Å². The van der Waals surface area contributed by atoms with E-state index in [9.17, 15) is 8.78 Å². The van der Waals surface area contributed by atoms with Gasteiger partial charge in [0, 0.05) is 19.2 Å². The van der Waals surface area contributed by atoms with Gasteiger partial charge in [-0.3, -0.25) is 4.99 Å². The summed E-state index contributed by atoms with van der Waals surface area (Å²) in [7, 11) is 1.64. The second-order valence-electron chi connectivity index (χ2n) is 5.39. The van der Waals surface area contributed by atoms with Crippen LogP contribution in [0.4, 0.5) is 8.78 Å². The Labute approximate surface area is 135 Å². The minimum absolute atomic E-state index is 0.128. The van der Waals surface area contributed by atoms with Crippen LogP contribution in [0, 0.1) is 18.6 Å². The van der Waals surface area contributed by atoms with Crippen molar-refractivity contribution < 1.29 is 8.78 Å². The van der Waals surface area contributed by atoms with Crippen LogP contribution in [0.15, 0.2) is 47.5 Å². The second kappa shape index (κ2) is 7.72. The summed E-state index contributed by atoms with van der Waals surface area (Å²) < 4.78 is 27.3. The quantitative estimate of drug-likeness (QED) is 0.666. The Kier molecular flexibility index (Phi) is 5.68. The Morgan fingerprint density at radius 1 is 1.13 bits per heavy atom. The van der Waals surface area contributed by atoms with E-state index in [4.69, 9.17) is 0 Å². The Morgan fingerprint density at radius 3 is 2.52 bits per heavy atom. The molecule has 1 atom stereocenters. The van der Waals surface area contributed by atoms with E-state index in [1.165, 1.54) is 12.1 Å². The molecule has 2 aromatic rings. The van der Waals surface area contributed by atoms with Crippen molar-refractivity contribution in [3.63, 3.8) is 0 Å². The third-order valence-corrected chi connectivity index (χ3v) is 3.68. The molecule has 3 nitrogen and oxygen atoms in total. The zero-order valence-electron chi connectivity index (χ0n) is 13.5. The number of nitrogens with one attached hydrogen (secondary N) is 2. The third kappa shape index (κ3) is 4.52. The largest absolute Gasteiger partial charge is 0.352 e. The highest BCUT2D eigenvalue weighted by molar-refractivity contribution is 5.80. The molecular formula is C18H21F2N3. The van der Waals surface area contributed by atoms with E-state index in [0.29, 0.717) is 23.6 Å². The lowest BCUT2D eigenvalue weighted by Crippen LogP contribution is -2.38. The summed E-state index contributed by atoms with van der Waals surface area (Å²) in [5, 5.41) is 6.23. The molecule has 0 radical (unpaired) electrons. The van der Waals surface area contributed by atoms with Crippen LogP contribution in [-0.4, -0.2) is 13.0 Å². The fraction of sp³-hybridized carbons (Fsp3) is 0.278. The monoisotopic (exact) mass is 317 g/mol. The van der Waals surface area contributed by atoms with Crippen molar-refractivity contribution in [2.45, 2.75) is 26.4 Å². The molecule has 0 aliphatic heterocycles. The number of rotatable bonds is 4. The van der Waals surface area contributed by atoms with Gasteiger partial charge in [0.05, 0.1) is 6.04 Å². The van der Waals surface area contributed by atoms with Crippen LogP contribution in [-0.2, 0) is 6.54 Å². The fourth-order valence-corrected chi connectivity index (χ4v) is 2.18. The SMILES string of the molecule is CN=C(NCc1ccccc1F)NC(C)c1ccc(C)c(F)c1. The number of nitrogens with zero attached hydrogens (tertiary/aromatic N) is 1. The lowest BCUT2D eigenvalue weighted by molar-refractivity contribution is 0.599. The number of hydrogen-bond acceptors (Lipinski definition) is 1. The Bertz CT molecular complexity index is 698. The van der Waals surface area contributed by atoms with E-state index in [2.05, 4.69) is 15.6 Å². The van der Waals surface area contributed by atoms with E-state index in [0.717, 1.165) is 5.56 Å². The van der Waals surface area contributed by atoms with E-state index in [1.54, 1.807) is 38.2 Å². The molecule has 1 unspecified atom stereocenters. The number of hydrogen-bond donors (Lipinski definition) is 2.